The molecule has 0 aliphatic rings. The summed E-state index contributed by atoms with van der Waals surface area (Å²) in [4.78, 5) is 4.32. The Hall–Kier alpha value is -1.58. The molecule has 0 saturated carbocycles. The Morgan fingerprint density at radius 2 is 2.18 bits per heavy atom. The number of methoxy groups -OCH3 is 1. The molecule has 0 spiro atoms. The van der Waals surface area contributed by atoms with Gasteiger partial charge in [0.15, 0.2) is 0 Å². The third kappa shape index (κ3) is 2.40. The zero-order valence-electron chi connectivity index (χ0n) is 9.48. The first-order valence-electron chi connectivity index (χ1n) is 5.24. The first-order valence-corrected chi connectivity index (χ1v) is 5.62. The molecule has 1 aromatic heterocycles. The van der Waals surface area contributed by atoms with Crippen molar-refractivity contribution in [1.82, 2.24) is 4.98 Å². The van der Waals surface area contributed by atoms with E-state index in [2.05, 4.69) is 4.98 Å². The Morgan fingerprint density at radius 1 is 1.35 bits per heavy atom. The number of benzene rings is 1. The molecule has 2 N–H and O–H groups in total. The minimum absolute atomic E-state index is 0.405. The predicted molar refractivity (Wildman–Crippen MR) is 69.1 cm³/mol. The number of hydrogen-bond donors (Lipinski definition) is 1. The van der Waals surface area contributed by atoms with Gasteiger partial charge in [0, 0.05) is 23.3 Å². The first kappa shape index (κ1) is 11.9. The highest BCUT2D eigenvalue weighted by atomic mass is 35.5. The van der Waals surface area contributed by atoms with E-state index in [9.17, 15) is 0 Å². The normalized spacial score (nSPS) is 10.3. The quantitative estimate of drug-likeness (QED) is 0.909. The summed E-state index contributed by atoms with van der Waals surface area (Å²) < 4.78 is 5.28. The molecule has 2 aromatic rings. The largest absolute Gasteiger partial charge is 0.494 e. The molecule has 4 heteroatoms. The number of halogens is 1. The highest BCUT2D eigenvalue weighted by molar-refractivity contribution is 6.31. The molecule has 1 aromatic carbocycles. The first-order chi connectivity index (χ1) is 8.26. The van der Waals surface area contributed by atoms with Crippen molar-refractivity contribution in [1.29, 1.82) is 0 Å². The van der Waals surface area contributed by atoms with E-state index in [1.54, 1.807) is 13.3 Å². The predicted octanol–water partition coefficient (Wildman–Crippen LogP) is 2.87. The fourth-order valence-corrected chi connectivity index (χ4v) is 1.85. The van der Waals surface area contributed by atoms with Gasteiger partial charge in [-0.2, -0.15) is 0 Å². The van der Waals surface area contributed by atoms with E-state index in [1.807, 2.05) is 30.3 Å². The maximum atomic E-state index is 6.03. The van der Waals surface area contributed by atoms with Crippen molar-refractivity contribution in [2.45, 2.75) is 6.54 Å². The molecule has 0 bridgehead atoms. The van der Waals surface area contributed by atoms with E-state index in [-0.39, 0.29) is 0 Å². The summed E-state index contributed by atoms with van der Waals surface area (Å²) in [5, 5.41) is 0.672. The molecule has 3 nitrogen and oxygen atoms in total. The van der Waals surface area contributed by atoms with Crippen LogP contribution < -0.4 is 10.5 Å². The molecule has 0 radical (unpaired) electrons. The molecule has 0 amide bonds. The Kier molecular flexibility index (Phi) is 3.61. The minimum atomic E-state index is 0.405. The van der Waals surface area contributed by atoms with Gasteiger partial charge in [0.1, 0.15) is 11.4 Å². The van der Waals surface area contributed by atoms with Gasteiger partial charge in [0.2, 0.25) is 0 Å². The summed E-state index contributed by atoms with van der Waals surface area (Å²) in [5.41, 5.74) is 8.28. The number of rotatable bonds is 3. The van der Waals surface area contributed by atoms with Gasteiger partial charge >= 0.3 is 0 Å². The Labute approximate surface area is 105 Å². The number of aromatic nitrogens is 1. The molecule has 0 saturated heterocycles. The number of nitrogens with two attached hydrogens (primary N) is 1. The molecule has 17 heavy (non-hydrogen) atoms. The van der Waals surface area contributed by atoms with Crippen molar-refractivity contribution in [3.05, 3.63) is 47.1 Å². The third-order valence-corrected chi connectivity index (χ3v) is 2.90. The Morgan fingerprint density at radius 3 is 2.88 bits per heavy atom. The van der Waals surface area contributed by atoms with Gasteiger partial charge in [0.25, 0.3) is 0 Å². The van der Waals surface area contributed by atoms with Gasteiger partial charge in [-0.3, -0.25) is 4.98 Å². The van der Waals surface area contributed by atoms with Gasteiger partial charge in [-0.25, -0.2) is 0 Å². The molecule has 0 atom stereocenters. The number of nitrogens with zero attached hydrogens (tertiary/aromatic N) is 1. The van der Waals surface area contributed by atoms with Gasteiger partial charge < -0.3 is 10.5 Å². The molecular formula is C13H13ClN2O. The van der Waals surface area contributed by atoms with E-state index < -0.39 is 0 Å². The van der Waals surface area contributed by atoms with E-state index in [1.165, 1.54) is 0 Å². The van der Waals surface area contributed by atoms with Crippen molar-refractivity contribution < 1.29 is 4.74 Å². The number of ether oxygens (including phenoxy) is 1. The molecule has 0 unspecified atom stereocenters. The van der Waals surface area contributed by atoms with Gasteiger partial charge in [0.05, 0.1) is 7.11 Å². The monoisotopic (exact) mass is 248 g/mol. The number of hydrogen-bond acceptors (Lipinski definition) is 3. The maximum Gasteiger partial charge on any atom is 0.145 e. The second-order valence-electron chi connectivity index (χ2n) is 3.56. The van der Waals surface area contributed by atoms with E-state index in [0.29, 0.717) is 11.6 Å². The van der Waals surface area contributed by atoms with Gasteiger partial charge in [-0.05, 0) is 29.8 Å². The summed E-state index contributed by atoms with van der Waals surface area (Å²) >= 11 is 6.03. The topological polar surface area (TPSA) is 48.1 Å². The fraction of sp³-hybridized carbons (Fsp3) is 0.154. The molecular weight excluding hydrogens is 236 g/mol. The van der Waals surface area contributed by atoms with Crippen LogP contribution in [0.5, 0.6) is 5.75 Å². The molecule has 0 aliphatic heterocycles. The highest BCUT2D eigenvalue weighted by Crippen LogP contribution is 2.29. The number of pyridine rings is 1. The Bertz CT molecular complexity index is 529. The van der Waals surface area contributed by atoms with Crippen LogP contribution in [0.15, 0.2) is 36.5 Å². The zero-order valence-corrected chi connectivity index (χ0v) is 10.2. The minimum Gasteiger partial charge on any atom is -0.494 e. The van der Waals surface area contributed by atoms with Crippen LogP contribution in [0.1, 0.15) is 5.56 Å². The Balaban J connectivity index is 2.53. The van der Waals surface area contributed by atoms with Gasteiger partial charge in [-0.15, -0.1) is 0 Å². The van der Waals surface area contributed by atoms with Crippen LogP contribution in [-0.4, -0.2) is 12.1 Å². The summed E-state index contributed by atoms with van der Waals surface area (Å²) in [6.45, 7) is 0.405. The van der Waals surface area contributed by atoms with E-state index >= 15 is 0 Å². The van der Waals surface area contributed by atoms with Crippen LogP contribution in [0, 0.1) is 0 Å². The highest BCUT2D eigenvalue weighted by Gasteiger charge is 2.08. The van der Waals surface area contributed by atoms with Crippen LogP contribution in [0.2, 0.25) is 5.02 Å². The zero-order chi connectivity index (χ0) is 12.3. The second kappa shape index (κ2) is 5.17. The van der Waals surface area contributed by atoms with Crippen LogP contribution in [0.3, 0.4) is 0 Å². The average molecular weight is 249 g/mol. The van der Waals surface area contributed by atoms with Crippen LogP contribution >= 0.6 is 11.6 Å². The lowest BCUT2D eigenvalue weighted by Crippen LogP contribution is -1.98. The standard InChI is InChI=1S/C13H13ClN2O/c1-17-12-3-2-6-16-13(12)9-4-5-11(14)10(7-9)8-15/h2-7H,8,15H2,1H3. The molecule has 0 fully saturated rings. The smallest absolute Gasteiger partial charge is 0.145 e. The summed E-state index contributed by atoms with van der Waals surface area (Å²) in [6.07, 6.45) is 1.73. The van der Waals surface area contributed by atoms with Crippen molar-refractivity contribution in [3.63, 3.8) is 0 Å². The van der Waals surface area contributed by atoms with Crippen molar-refractivity contribution >= 4 is 11.6 Å². The van der Waals surface area contributed by atoms with Crippen LogP contribution in [0.4, 0.5) is 0 Å². The molecule has 2 rings (SSSR count). The lowest BCUT2D eigenvalue weighted by Gasteiger charge is -2.09. The van der Waals surface area contributed by atoms with Crippen molar-refractivity contribution in [2.75, 3.05) is 7.11 Å². The second-order valence-corrected chi connectivity index (χ2v) is 3.97. The van der Waals surface area contributed by atoms with Crippen molar-refractivity contribution in [3.8, 4) is 17.0 Å². The molecule has 88 valence electrons. The molecule has 0 aliphatic carbocycles. The molecule has 1 heterocycles. The SMILES string of the molecule is COc1cccnc1-c1ccc(Cl)c(CN)c1. The third-order valence-electron chi connectivity index (χ3n) is 2.53. The maximum absolute atomic E-state index is 6.03. The lowest BCUT2D eigenvalue weighted by molar-refractivity contribution is 0.415. The summed E-state index contributed by atoms with van der Waals surface area (Å²) in [7, 11) is 1.63. The average Bonchev–Trinajstić information content (AvgIpc) is 2.39. The van der Waals surface area contributed by atoms with Gasteiger partial charge in [-0.1, -0.05) is 17.7 Å². The van der Waals surface area contributed by atoms with Crippen LogP contribution in [-0.2, 0) is 6.54 Å². The van der Waals surface area contributed by atoms with Crippen LogP contribution in [0.25, 0.3) is 11.3 Å². The lowest BCUT2D eigenvalue weighted by atomic mass is 10.1. The summed E-state index contributed by atoms with van der Waals surface area (Å²) in [5.74, 6) is 0.734. The fourth-order valence-electron chi connectivity index (χ4n) is 1.65. The van der Waals surface area contributed by atoms with E-state index in [0.717, 1.165) is 22.6 Å². The van der Waals surface area contributed by atoms with E-state index in [4.69, 9.17) is 22.1 Å². The van der Waals surface area contributed by atoms with Crippen molar-refractivity contribution in [2.24, 2.45) is 5.73 Å². The summed E-state index contributed by atoms with van der Waals surface area (Å²) in [6, 6.07) is 9.38.